The van der Waals surface area contributed by atoms with Gasteiger partial charge < -0.3 is 49.3 Å². The number of carbonyl (C=O) groups is 4. The van der Waals surface area contributed by atoms with E-state index in [-0.39, 0.29) is 41.8 Å². The molecule has 4 N–H and O–H groups in total. The topological polar surface area (TPSA) is 193 Å². The van der Waals surface area contributed by atoms with Crippen LogP contribution in [0, 0.1) is 11.8 Å². The number of aromatic amines is 2. The maximum atomic E-state index is 14.0. The molecule has 3 aliphatic heterocycles. The fraction of sp³-hybridized carbons (Fsp3) is 0.467. The molecule has 5 atom stereocenters. The average Bonchev–Trinajstić information content (AvgIpc) is 4.09. The molecular weight excluding hydrogens is 781 g/mol. The number of amides is 4. The first-order valence-electron chi connectivity index (χ1n) is 21.1. The van der Waals surface area contributed by atoms with Gasteiger partial charge in [0, 0.05) is 37.1 Å². The molecule has 0 radical (unpaired) electrons. The minimum Gasteiger partial charge on any atom is -0.488 e. The number of hydrogen-bond donors (Lipinski definition) is 4. The number of ether oxygens (including phenoxy) is 4. The number of nitrogens with zero attached hydrogens (tertiary/aromatic N) is 4. The van der Waals surface area contributed by atoms with Crippen molar-refractivity contribution in [1.82, 2.24) is 40.4 Å². The first-order chi connectivity index (χ1) is 29.4. The van der Waals surface area contributed by atoms with E-state index in [1.54, 1.807) is 16.0 Å². The van der Waals surface area contributed by atoms with Gasteiger partial charge in [-0.1, -0.05) is 45.9 Å². The Kier molecular flexibility index (Phi) is 11.6. The number of benzene rings is 3. The number of fused-ring (bicyclic) bond motifs is 6. The zero-order valence-corrected chi connectivity index (χ0v) is 35.7. The van der Waals surface area contributed by atoms with Crippen LogP contribution in [0.4, 0.5) is 9.59 Å². The number of hydrogen-bond acceptors (Lipinski definition) is 10. The second kappa shape index (κ2) is 17.1. The molecule has 2 saturated heterocycles. The number of imidazole rings is 2. The summed E-state index contributed by atoms with van der Waals surface area (Å²) < 4.78 is 22.0. The summed E-state index contributed by atoms with van der Waals surface area (Å²) in [5.74, 6) is 1.45. The molecule has 3 aromatic carbocycles. The summed E-state index contributed by atoms with van der Waals surface area (Å²) in [7, 11) is 2.57. The van der Waals surface area contributed by atoms with Crippen molar-refractivity contribution in [3.63, 3.8) is 0 Å². The van der Waals surface area contributed by atoms with Crippen molar-refractivity contribution in [3.8, 4) is 28.1 Å². The van der Waals surface area contributed by atoms with Gasteiger partial charge >= 0.3 is 12.2 Å². The first kappa shape index (κ1) is 41.6. The summed E-state index contributed by atoms with van der Waals surface area (Å²) in [5, 5.41) is 7.34. The fourth-order valence-corrected chi connectivity index (χ4v) is 9.01. The molecule has 16 heteroatoms. The Bertz CT molecular complexity index is 2480. The highest BCUT2D eigenvalue weighted by molar-refractivity contribution is 6.07. The van der Waals surface area contributed by atoms with Crippen LogP contribution in [0.1, 0.15) is 83.2 Å². The molecule has 8 rings (SSSR count). The first-order valence-corrected chi connectivity index (χ1v) is 21.1. The van der Waals surface area contributed by atoms with E-state index in [1.807, 2.05) is 46.8 Å². The Hall–Kier alpha value is -6.16. The smallest absolute Gasteiger partial charge is 0.407 e. The summed E-state index contributed by atoms with van der Waals surface area (Å²) in [5.41, 5.74) is 6.48. The number of rotatable bonds is 11. The molecule has 5 heterocycles. The molecule has 4 amide bonds. The number of carbonyl (C=O) groups excluding carboxylic acids is 4. The summed E-state index contributed by atoms with van der Waals surface area (Å²) in [6.45, 7) is 11.3. The lowest BCUT2D eigenvalue weighted by molar-refractivity contribution is -0.136. The van der Waals surface area contributed by atoms with Gasteiger partial charge in [0.25, 0.3) is 0 Å². The molecule has 322 valence electrons. The number of aromatic nitrogens is 4. The zero-order chi connectivity index (χ0) is 43.1. The normalized spacial score (nSPS) is 19.5. The van der Waals surface area contributed by atoms with Crippen molar-refractivity contribution < 1.29 is 38.1 Å². The van der Waals surface area contributed by atoms with Crippen LogP contribution in [0.2, 0.25) is 0 Å². The molecule has 5 unspecified atom stereocenters. The largest absolute Gasteiger partial charge is 0.488 e. The van der Waals surface area contributed by atoms with Crippen LogP contribution >= 0.6 is 0 Å². The van der Waals surface area contributed by atoms with Gasteiger partial charge in [-0.15, -0.1) is 0 Å². The van der Waals surface area contributed by atoms with Gasteiger partial charge in [0.2, 0.25) is 11.8 Å². The molecular formula is C45H54N8O8. The third-order valence-electron chi connectivity index (χ3n) is 12.2. The van der Waals surface area contributed by atoms with Gasteiger partial charge in [-0.2, -0.15) is 0 Å². The standard InChI is InChI=1S/C45H54N8O8/c1-8-60-28-18-35(53(21-28)43(55)38(24(4)5)51-45(57)59-7)41-47-32-14-12-25-17-31-29-13-11-26(16-27(29)22-61-36(31)19-30(25)39(32)49-41)33-20-46-40(48-33)34-10-9-15-52(34)42(54)37(23(2)3)50-44(56)58-6/h11-14,16-17,19-20,23-24,28,34-35,37-38H,8-10,15,18,21-22H2,1-7H3,(H,46,48)(H,47,49)(H,50,56)(H,51,57). The molecule has 5 aromatic rings. The molecule has 0 spiro atoms. The van der Waals surface area contributed by atoms with Crippen LogP contribution in [0.25, 0.3) is 44.2 Å². The van der Waals surface area contributed by atoms with E-state index < -0.39 is 24.3 Å². The Labute approximate surface area is 354 Å². The van der Waals surface area contributed by atoms with Gasteiger partial charge in [0.1, 0.15) is 36.1 Å². The second-order valence-electron chi connectivity index (χ2n) is 16.7. The Morgan fingerprint density at radius 1 is 0.869 bits per heavy atom. The number of methoxy groups -OCH3 is 2. The number of H-pyrrole nitrogens is 2. The monoisotopic (exact) mass is 834 g/mol. The third kappa shape index (κ3) is 7.96. The van der Waals surface area contributed by atoms with Crippen molar-refractivity contribution in [2.24, 2.45) is 11.8 Å². The van der Waals surface area contributed by atoms with Crippen molar-refractivity contribution >= 4 is 45.8 Å². The van der Waals surface area contributed by atoms with Crippen LogP contribution in [-0.2, 0) is 30.4 Å². The van der Waals surface area contributed by atoms with Gasteiger partial charge in [0.05, 0.1) is 55.3 Å². The molecule has 2 fully saturated rings. The Morgan fingerprint density at radius 3 is 2.28 bits per heavy atom. The highest BCUT2D eigenvalue weighted by Gasteiger charge is 2.42. The SMILES string of the molecule is CCOC1CC(c2nc3c(ccc4cc5c(cc43)OCc3cc(-c4cnc(C6CCCN6C(=O)C(NC(=O)OC)C(C)C)[nH]4)ccc3-5)[nH]2)N(C(=O)C(NC(=O)OC)C(C)C)C1. The van der Waals surface area contributed by atoms with Crippen LogP contribution in [0.3, 0.4) is 0 Å². The number of nitrogens with one attached hydrogen (secondary N) is 4. The van der Waals surface area contributed by atoms with Crippen molar-refractivity contribution in [2.45, 2.75) is 90.8 Å². The quantitative estimate of drug-likeness (QED) is 0.110. The van der Waals surface area contributed by atoms with E-state index >= 15 is 0 Å². The Morgan fingerprint density at radius 2 is 1.59 bits per heavy atom. The van der Waals surface area contributed by atoms with E-state index in [2.05, 4.69) is 50.9 Å². The van der Waals surface area contributed by atoms with Crippen LogP contribution < -0.4 is 15.4 Å². The Balaban J connectivity index is 1.05. The van der Waals surface area contributed by atoms with E-state index in [9.17, 15) is 19.2 Å². The van der Waals surface area contributed by atoms with E-state index in [0.717, 1.165) is 68.3 Å². The predicted octanol–water partition coefficient (Wildman–Crippen LogP) is 6.77. The lowest BCUT2D eigenvalue weighted by Gasteiger charge is -2.30. The van der Waals surface area contributed by atoms with Gasteiger partial charge in [-0.3, -0.25) is 9.59 Å². The minimum absolute atomic E-state index is 0.121. The third-order valence-corrected chi connectivity index (χ3v) is 12.2. The van der Waals surface area contributed by atoms with Crippen LogP contribution in [-0.4, -0.2) is 106 Å². The highest BCUT2D eigenvalue weighted by Crippen LogP contribution is 2.43. The van der Waals surface area contributed by atoms with E-state index in [0.29, 0.717) is 44.4 Å². The maximum Gasteiger partial charge on any atom is 0.407 e. The molecule has 0 bridgehead atoms. The summed E-state index contributed by atoms with van der Waals surface area (Å²) in [6, 6.07) is 12.4. The number of likely N-dealkylation sites (tertiary alicyclic amines) is 2. The summed E-state index contributed by atoms with van der Waals surface area (Å²) >= 11 is 0. The summed E-state index contributed by atoms with van der Waals surface area (Å²) in [4.78, 5) is 72.3. The van der Waals surface area contributed by atoms with E-state index in [4.69, 9.17) is 28.9 Å². The molecule has 3 aliphatic rings. The number of alkyl carbamates (subject to hydrolysis) is 2. The molecule has 16 nitrogen and oxygen atoms in total. The van der Waals surface area contributed by atoms with Crippen LogP contribution in [0.15, 0.2) is 48.7 Å². The lowest BCUT2D eigenvalue weighted by Crippen LogP contribution is -2.51. The molecule has 0 aliphatic carbocycles. The van der Waals surface area contributed by atoms with Gasteiger partial charge in [-0.25, -0.2) is 19.6 Å². The second-order valence-corrected chi connectivity index (χ2v) is 16.7. The minimum atomic E-state index is -0.776. The maximum absolute atomic E-state index is 14.0. The van der Waals surface area contributed by atoms with Crippen LogP contribution in [0.5, 0.6) is 5.75 Å². The summed E-state index contributed by atoms with van der Waals surface area (Å²) in [6.07, 6.45) is 2.49. The zero-order valence-electron chi connectivity index (χ0n) is 35.7. The fourth-order valence-electron chi connectivity index (χ4n) is 9.01. The van der Waals surface area contributed by atoms with Gasteiger partial charge in [0.15, 0.2) is 0 Å². The molecule has 61 heavy (non-hydrogen) atoms. The van der Waals surface area contributed by atoms with E-state index in [1.165, 1.54) is 14.2 Å². The van der Waals surface area contributed by atoms with Crippen molar-refractivity contribution in [3.05, 3.63) is 65.9 Å². The average molecular weight is 835 g/mol. The lowest BCUT2D eigenvalue weighted by atomic mass is 9.92. The van der Waals surface area contributed by atoms with Gasteiger partial charge in [-0.05, 0) is 77.9 Å². The molecule has 0 saturated carbocycles. The van der Waals surface area contributed by atoms with Crippen molar-refractivity contribution in [1.29, 1.82) is 0 Å². The molecule has 2 aromatic heterocycles. The highest BCUT2D eigenvalue weighted by atomic mass is 16.5. The predicted molar refractivity (Wildman–Crippen MR) is 227 cm³/mol. The van der Waals surface area contributed by atoms with Crippen molar-refractivity contribution in [2.75, 3.05) is 33.9 Å².